The third-order valence-electron chi connectivity index (χ3n) is 4.96. The highest BCUT2D eigenvalue weighted by Gasteiger charge is 2.42. The molecule has 0 aromatic carbocycles. The Bertz CT molecular complexity index is 378. The van der Waals surface area contributed by atoms with Crippen LogP contribution in [0.25, 0.3) is 0 Å². The van der Waals surface area contributed by atoms with E-state index in [9.17, 15) is 20.2 Å². The summed E-state index contributed by atoms with van der Waals surface area (Å²) in [6.07, 6.45) is 4.62. The average molecular weight is 346 g/mol. The van der Waals surface area contributed by atoms with E-state index in [-0.39, 0.29) is 22.9 Å². The zero-order valence-corrected chi connectivity index (χ0v) is 15.6. The monoisotopic (exact) mass is 346 g/mol. The molecular formula is C16H34N4O4. The van der Waals surface area contributed by atoms with Gasteiger partial charge in [0.1, 0.15) is 0 Å². The summed E-state index contributed by atoms with van der Waals surface area (Å²) in [7, 11) is 0. The van der Waals surface area contributed by atoms with Gasteiger partial charge < -0.3 is 5.73 Å². The van der Waals surface area contributed by atoms with Gasteiger partial charge in [0, 0.05) is 36.5 Å². The zero-order chi connectivity index (χ0) is 18.8. The summed E-state index contributed by atoms with van der Waals surface area (Å²) in [5.74, 6) is 0. The Labute approximate surface area is 145 Å². The van der Waals surface area contributed by atoms with E-state index in [1.807, 2.05) is 4.90 Å². The molecule has 0 radical (unpaired) electrons. The van der Waals surface area contributed by atoms with E-state index in [2.05, 4.69) is 0 Å². The van der Waals surface area contributed by atoms with Gasteiger partial charge in [0.2, 0.25) is 11.1 Å². The van der Waals surface area contributed by atoms with Crippen LogP contribution in [-0.4, -0.2) is 52.0 Å². The summed E-state index contributed by atoms with van der Waals surface area (Å²) in [5, 5.41) is 22.8. The number of rotatable bonds is 14. The van der Waals surface area contributed by atoms with E-state index in [0.717, 1.165) is 25.7 Å². The topological polar surface area (TPSA) is 116 Å². The first-order valence-corrected chi connectivity index (χ1v) is 8.86. The minimum absolute atomic E-state index is 0.233. The van der Waals surface area contributed by atoms with Crippen LogP contribution in [-0.2, 0) is 0 Å². The maximum absolute atomic E-state index is 11.4. The molecule has 0 aliphatic rings. The molecule has 0 rings (SSSR count). The molecule has 0 bridgehead atoms. The molecular weight excluding hydrogens is 312 g/mol. The van der Waals surface area contributed by atoms with Crippen LogP contribution < -0.4 is 5.73 Å². The molecule has 2 N–H and O–H groups in total. The van der Waals surface area contributed by atoms with Gasteiger partial charge in [-0.3, -0.25) is 25.1 Å². The molecule has 0 saturated carbocycles. The molecule has 8 heteroatoms. The summed E-state index contributed by atoms with van der Waals surface area (Å²) in [6, 6.07) is 0. The predicted octanol–water partition coefficient (Wildman–Crippen LogP) is 2.70. The second-order valence-electron chi connectivity index (χ2n) is 7.13. The number of nitrogens with zero attached hydrogens (tertiary/aromatic N) is 3. The van der Waals surface area contributed by atoms with Crippen LogP contribution in [0.15, 0.2) is 0 Å². The van der Waals surface area contributed by atoms with Crippen LogP contribution in [0, 0.1) is 20.2 Å². The molecule has 2 unspecified atom stereocenters. The van der Waals surface area contributed by atoms with Crippen molar-refractivity contribution in [2.45, 2.75) is 77.3 Å². The highest BCUT2D eigenvalue weighted by atomic mass is 16.6. The second kappa shape index (κ2) is 10.6. The highest BCUT2D eigenvalue weighted by Crippen LogP contribution is 2.21. The van der Waals surface area contributed by atoms with Crippen molar-refractivity contribution in [3.05, 3.63) is 20.2 Å². The van der Waals surface area contributed by atoms with Crippen molar-refractivity contribution in [2.24, 2.45) is 5.73 Å². The lowest BCUT2D eigenvalue weighted by molar-refractivity contribution is -0.574. The molecule has 0 aromatic heterocycles. The highest BCUT2D eigenvalue weighted by molar-refractivity contribution is 4.83. The minimum Gasteiger partial charge on any atom is -0.330 e. The number of hydrogen-bond acceptors (Lipinski definition) is 6. The van der Waals surface area contributed by atoms with E-state index >= 15 is 0 Å². The molecule has 8 nitrogen and oxygen atoms in total. The Hall–Kier alpha value is -1.28. The van der Waals surface area contributed by atoms with Gasteiger partial charge in [-0.2, -0.15) is 0 Å². The Balaban J connectivity index is 5.01. The molecule has 2 atom stereocenters. The van der Waals surface area contributed by atoms with Crippen molar-refractivity contribution in [2.75, 3.05) is 26.2 Å². The number of unbranched alkanes of at least 4 members (excludes halogenated alkanes) is 3. The van der Waals surface area contributed by atoms with Crippen molar-refractivity contribution in [1.82, 2.24) is 4.90 Å². The standard InChI is InChI=1S/C16H34N4O4/c1-5-15(3,19(21)22)13-18(12-10-8-7-9-11-17)14-16(4,6-2)20(23)24/h5-14,17H2,1-4H3. The van der Waals surface area contributed by atoms with E-state index < -0.39 is 11.1 Å². The fourth-order valence-corrected chi connectivity index (χ4v) is 2.61. The normalized spacial score (nSPS) is 16.6. The first-order valence-electron chi connectivity index (χ1n) is 8.86. The SMILES string of the molecule is CCC(C)(CN(CCCCCCN)CC(C)(CC)[N+](=O)[O-])[N+](=O)[O-]. The molecule has 0 amide bonds. The summed E-state index contributed by atoms with van der Waals surface area (Å²) in [5.41, 5.74) is 3.32. The van der Waals surface area contributed by atoms with Crippen LogP contribution in [0.1, 0.15) is 66.2 Å². The van der Waals surface area contributed by atoms with Crippen LogP contribution in [0.5, 0.6) is 0 Å². The summed E-state index contributed by atoms with van der Waals surface area (Å²) in [4.78, 5) is 24.2. The molecule has 24 heavy (non-hydrogen) atoms. The Morgan fingerprint density at radius 3 is 1.62 bits per heavy atom. The minimum atomic E-state index is -1.08. The number of nitro groups is 2. The smallest absolute Gasteiger partial charge is 0.231 e. The fraction of sp³-hybridized carbons (Fsp3) is 1.00. The lowest BCUT2D eigenvalue weighted by atomic mass is 9.95. The van der Waals surface area contributed by atoms with Crippen molar-refractivity contribution >= 4 is 0 Å². The molecule has 0 aromatic rings. The molecule has 0 aliphatic carbocycles. The molecule has 0 spiro atoms. The van der Waals surface area contributed by atoms with Gasteiger partial charge in [-0.05, 0) is 25.9 Å². The van der Waals surface area contributed by atoms with Crippen LogP contribution in [0.3, 0.4) is 0 Å². The Morgan fingerprint density at radius 2 is 1.29 bits per heavy atom. The molecule has 142 valence electrons. The lowest BCUT2D eigenvalue weighted by Gasteiger charge is -2.32. The predicted molar refractivity (Wildman–Crippen MR) is 95.3 cm³/mol. The molecule has 0 aliphatic heterocycles. The van der Waals surface area contributed by atoms with E-state index in [0.29, 0.717) is 25.9 Å². The average Bonchev–Trinajstić information content (AvgIpc) is 2.53. The lowest BCUT2D eigenvalue weighted by Crippen LogP contribution is -2.52. The first kappa shape index (κ1) is 22.7. The zero-order valence-electron chi connectivity index (χ0n) is 15.6. The quantitative estimate of drug-likeness (QED) is 0.294. The number of nitrogens with two attached hydrogens (primary N) is 1. The third-order valence-corrected chi connectivity index (χ3v) is 4.96. The maximum atomic E-state index is 11.4. The van der Waals surface area contributed by atoms with Gasteiger partial charge in [0.15, 0.2) is 0 Å². The van der Waals surface area contributed by atoms with Crippen LogP contribution in [0.2, 0.25) is 0 Å². The van der Waals surface area contributed by atoms with Crippen molar-refractivity contribution < 1.29 is 9.85 Å². The summed E-state index contributed by atoms with van der Waals surface area (Å²) >= 11 is 0. The van der Waals surface area contributed by atoms with Gasteiger partial charge in [-0.25, -0.2) is 0 Å². The van der Waals surface area contributed by atoms with Crippen molar-refractivity contribution in [3.8, 4) is 0 Å². The molecule has 0 fully saturated rings. The van der Waals surface area contributed by atoms with Gasteiger partial charge in [-0.1, -0.05) is 26.7 Å². The Morgan fingerprint density at radius 1 is 0.875 bits per heavy atom. The second-order valence-corrected chi connectivity index (χ2v) is 7.13. The van der Waals surface area contributed by atoms with Gasteiger partial charge >= 0.3 is 0 Å². The maximum Gasteiger partial charge on any atom is 0.231 e. The van der Waals surface area contributed by atoms with Crippen LogP contribution in [0.4, 0.5) is 0 Å². The van der Waals surface area contributed by atoms with Crippen molar-refractivity contribution in [3.63, 3.8) is 0 Å². The largest absolute Gasteiger partial charge is 0.330 e. The van der Waals surface area contributed by atoms with E-state index in [1.54, 1.807) is 27.7 Å². The van der Waals surface area contributed by atoms with E-state index in [4.69, 9.17) is 5.73 Å². The molecule has 0 saturated heterocycles. The van der Waals surface area contributed by atoms with Gasteiger partial charge in [0.25, 0.3) is 0 Å². The Kier molecular flexibility index (Phi) is 9.99. The summed E-state index contributed by atoms with van der Waals surface area (Å²) in [6.45, 7) is 8.57. The first-order chi connectivity index (χ1) is 11.1. The number of hydrogen-bond donors (Lipinski definition) is 1. The van der Waals surface area contributed by atoms with E-state index in [1.165, 1.54) is 0 Å². The third kappa shape index (κ3) is 7.09. The van der Waals surface area contributed by atoms with Gasteiger partial charge in [-0.15, -0.1) is 0 Å². The van der Waals surface area contributed by atoms with Gasteiger partial charge in [0.05, 0.1) is 13.1 Å². The fourth-order valence-electron chi connectivity index (χ4n) is 2.61. The molecule has 0 heterocycles. The van der Waals surface area contributed by atoms with Crippen molar-refractivity contribution in [1.29, 1.82) is 0 Å². The van der Waals surface area contributed by atoms with Crippen LogP contribution >= 0.6 is 0 Å². The summed E-state index contributed by atoms with van der Waals surface area (Å²) < 4.78 is 0.